The molecular weight excluding hydrogens is 376 g/mol. The van der Waals surface area contributed by atoms with Gasteiger partial charge in [-0.3, -0.25) is 9.69 Å². The van der Waals surface area contributed by atoms with Crippen LogP contribution in [0.1, 0.15) is 40.1 Å². The van der Waals surface area contributed by atoms with Crippen LogP contribution in [0.3, 0.4) is 0 Å². The lowest BCUT2D eigenvalue weighted by atomic mass is 9.96. The Hall–Kier alpha value is -1.87. The van der Waals surface area contributed by atoms with Crippen LogP contribution in [-0.2, 0) is 22.4 Å². The minimum atomic E-state index is -0.206. The lowest BCUT2D eigenvalue weighted by Gasteiger charge is -2.33. The summed E-state index contributed by atoms with van der Waals surface area (Å²) in [5.74, 6) is 0.274. The maximum Gasteiger partial charge on any atom is 0.286 e. The van der Waals surface area contributed by atoms with Crippen LogP contribution in [-0.4, -0.2) is 53.6 Å². The van der Waals surface area contributed by atoms with Gasteiger partial charge in [-0.2, -0.15) is 0 Å². The molecule has 2 aliphatic heterocycles. The molecule has 4 rings (SSSR count). The van der Waals surface area contributed by atoms with E-state index in [0.29, 0.717) is 24.1 Å². The molecule has 7 nitrogen and oxygen atoms in total. The molecular formula is C20H26N4O3S. The first-order chi connectivity index (χ1) is 13.7. The lowest BCUT2D eigenvalue weighted by molar-refractivity contribution is -0.0978. The van der Waals surface area contributed by atoms with Gasteiger partial charge in [0.15, 0.2) is 6.29 Å². The van der Waals surface area contributed by atoms with Crippen molar-refractivity contribution in [1.29, 1.82) is 0 Å². The van der Waals surface area contributed by atoms with Gasteiger partial charge in [0.05, 0.1) is 19.8 Å². The van der Waals surface area contributed by atoms with Crippen LogP contribution >= 0.6 is 11.3 Å². The number of rotatable bonds is 6. The standard InChI is InChI=1S/C20H26N4O3S/c1-2-14-3-5-16(6-4-14)21-18(25)19-23-22-17(28-19)13-24-9-7-15(8-10-24)20-26-11-12-27-20/h3-6,15,20H,2,7-13H2,1H3,(H,21,25). The average molecular weight is 403 g/mol. The molecule has 0 spiro atoms. The molecule has 2 saturated heterocycles. The van der Waals surface area contributed by atoms with Crippen LogP contribution in [0.5, 0.6) is 0 Å². The summed E-state index contributed by atoms with van der Waals surface area (Å²) in [6.45, 7) is 6.23. The number of amides is 1. The van der Waals surface area contributed by atoms with Gasteiger partial charge in [0.1, 0.15) is 5.01 Å². The van der Waals surface area contributed by atoms with E-state index in [-0.39, 0.29) is 12.2 Å². The highest BCUT2D eigenvalue weighted by Crippen LogP contribution is 2.27. The second-order valence-electron chi connectivity index (χ2n) is 7.23. The van der Waals surface area contributed by atoms with Crippen LogP contribution in [0.4, 0.5) is 5.69 Å². The number of likely N-dealkylation sites (tertiary alicyclic amines) is 1. The molecule has 0 aliphatic carbocycles. The Labute approximate surface area is 169 Å². The van der Waals surface area contributed by atoms with Crippen molar-refractivity contribution in [2.24, 2.45) is 5.92 Å². The maximum atomic E-state index is 12.4. The summed E-state index contributed by atoms with van der Waals surface area (Å²) in [5, 5.41) is 12.5. The Kier molecular flexibility index (Phi) is 6.31. The highest BCUT2D eigenvalue weighted by Gasteiger charge is 2.30. The number of hydrogen-bond acceptors (Lipinski definition) is 7. The number of aromatic nitrogens is 2. The van der Waals surface area contributed by atoms with Crippen LogP contribution in [0, 0.1) is 5.92 Å². The van der Waals surface area contributed by atoms with Crippen LogP contribution in [0.2, 0.25) is 0 Å². The Bertz CT molecular complexity index is 781. The van der Waals surface area contributed by atoms with Crippen molar-refractivity contribution >= 4 is 22.9 Å². The molecule has 3 heterocycles. The summed E-state index contributed by atoms with van der Waals surface area (Å²) in [5.41, 5.74) is 2.02. The quantitative estimate of drug-likeness (QED) is 0.801. The summed E-state index contributed by atoms with van der Waals surface area (Å²) in [6, 6.07) is 7.88. The van der Waals surface area contributed by atoms with E-state index >= 15 is 0 Å². The van der Waals surface area contributed by atoms with Gasteiger partial charge < -0.3 is 14.8 Å². The Morgan fingerprint density at radius 2 is 1.89 bits per heavy atom. The molecule has 28 heavy (non-hydrogen) atoms. The van der Waals surface area contributed by atoms with Crippen LogP contribution in [0.25, 0.3) is 0 Å². The summed E-state index contributed by atoms with van der Waals surface area (Å²) in [6.07, 6.45) is 3.08. The number of benzene rings is 1. The first-order valence-corrected chi connectivity index (χ1v) is 10.7. The lowest BCUT2D eigenvalue weighted by Crippen LogP contribution is -2.37. The van der Waals surface area contributed by atoms with Crippen molar-refractivity contribution in [1.82, 2.24) is 15.1 Å². The number of piperidine rings is 1. The zero-order chi connectivity index (χ0) is 19.3. The van der Waals surface area contributed by atoms with Gasteiger partial charge in [-0.15, -0.1) is 10.2 Å². The molecule has 1 aromatic heterocycles. The number of aryl methyl sites for hydroxylation is 1. The molecule has 1 N–H and O–H groups in total. The smallest absolute Gasteiger partial charge is 0.286 e. The largest absolute Gasteiger partial charge is 0.350 e. The number of nitrogens with one attached hydrogen (secondary N) is 1. The first-order valence-electron chi connectivity index (χ1n) is 9.89. The minimum Gasteiger partial charge on any atom is -0.350 e. The third-order valence-corrected chi connectivity index (χ3v) is 6.21. The van der Waals surface area contributed by atoms with E-state index in [4.69, 9.17) is 9.47 Å². The molecule has 0 saturated carbocycles. The SMILES string of the molecule is CCc1ccc(NC(=O)c2nnc(CN3CCC(C4OCCO4)CC3)s2)cc1. The van der Waals surface area contributed by atoms with E-state index in [0.717, 1.165) is 49.6 Å². The van der Waals surface area contributed by atoms with Gasteiger partial charge in [-0.25, -0.2) is 0 Å². The molecule has 0 unspecified atom stereocenters. The van der Waals surface area contributed by atoms with E-state index in [1.54, 1.807) is 0 Å². The molecule has 1 amide bonds. The molecule has 2 aromatic rings. The van der Waals surface area contributed by atoms with E-state index in [1.807, 2.05) is 24.3 Å². The van der Waals surface area contributed by atoms with E-state index in [1.165, 1.54) is 16.9 Å². The Balaban J connectivity index is 1.27. The maximum absolute atomic E-state index is 12.4. The molecule has 0 bridgehead atoms. The average Bonchev–Trinajstić information content (AvgIpc) is 3.41. The fraction of sp³-hybridized carbons (Fsp3) is 0.550. The Morgan fingerprint density at radius 1 is 1.18 bits per heavy atom. The highest BCUT2D eigenvalue weighted by molar-refractivity contribution is 7.13. The first kappa shape index (κ1) is 19.4. The molecule has 2 fully saturated rings. The summed E-state index contributed by atoms with van der Waals surface area (Å²) < 4.78 is 11.3. The number of anilines is 1. The molecule has 2 aliphatic rings. The molecule has 8 heteroatoms. The van der Waals surface area contributed by atoms with Gasteiger partial charge in [0.2, 0.25) is 5.01 Å². The van der Waals surface area contributed by atoms with E-state index < -0.39 is 0 Å². The van der Waals surface area contributed by atoms with Crippen LogP contribution in [0.15, 0.2) is 24.3 Å². The van der Waals surface area contributed by atoms with Gasteiger partial charge in [-0.1, -0.05) is 30.4 Å². The zero-order valence-corrected chi connectivity index (χ0v) is 16.9. The number of hydrogen-bond donors (Lipinski definition) is 1. The van der Waals surface area contributed by atoms with Gasteiger partial charge in [0.25, 0.3) is 5.91 Å². The minimum absolute atomic E-state index is 0.0228. The van der Waals surface area contributed by atoms with Crippen molar-refractivity contribution in [3.05, 3.63) is 39.8 Å². The van der Waals surface area contributed by atoms with Gasteiger partial charge >= 0.3 is 0 Å². The van der Waals surface area contributed by atoms with E-state index in [9.17, 15) is 4.79 Å². The van der Waals surface area contributed by atoms with Crippen molar-refractivity contribution in [2.45, 2.75) is 39.0 Å². The Morgan fingerprint density at radius 3 is 2.57 bits per heavy atom. The third kappa shape index (κ3) is 4.75. The topological polar surface area (TPSA) is 76.6 Å². The van der Waals surface area contributed by atoms with Gasteiger partial charge in [0, 0.05) is 11.6 Å². The molecule has 0 radical (unpaired) electrons. The number of ether oxygens (including phenoxy) is 2. The fourth-order valence-corrected chi connectivity index (χ4v) is 4.42. The summed E-state index contributed by atoms with van der Waals surface area (Å²) in [4.78, 5) is 14.8. The highest BCUT2D eigenvalue weighted by atomic mass is 32.1. The monoisotopic (exact) mass is 402 g/mol. The number of nitrogens with zero attached hydrogens (tertiary/aromatic N) is 3. The van der Waals surface area contributed by atoms with Crippen molar-refractivity contribution < 1.29 is 14.3 Å². The predicted molar refractivity (Wildman–Crippen MR) is 107 cm³/mol. The molecule has 0 atom stereocenters. The normalized spacial score (nSPS) is 19.2. The van der Waals surface area contributed by atoms with Crippen molar-refractivity contribution in [2.75, 3.05) is 31.6 Å². The number of carbonyl (C=O) groups excluding carboxylic acids is 1. The second-order valence-corrected chi connectivity index (χ2v) is 8.29. The van der Waals surface area contributed by atoms with Crippen molar-refractivity contribution in [3.63, 3.8) is 0 Å². The van der Waals surface area contributed by atoms with Crippen molar-refractivity contribution in [3.8, 4) is 0 Å². The molecule has 1 aromatic carbocycles. The summed E-state index contributed by atoms with van der Waals surface area (Å²) >= 11 is 1.36. The second kappa shape index (κ2) is 9.09. The number of carbonyl (C=O) groups is 1. The van der Waals surface area contributed by atoms with Gasteiger partial charge in [-0.05, 0) is 50.0 Å². The fourth-order valence-electron chi connectivity index (χ4n) is 3.64. The summed E-state index contributed by atoms with van der Waals surface area (Å²) in [7, 11) is 0. The predicted octanol–water partition coefficient (Wildman–Crippen LogP) is 2.94. The molecule has 150 valence electrons. The van der Waals surface area contributed by atoms with E-state index in [2.05, 4.69) is 27.3 Å². The zero-order valence-electron chi connectivity index (χ0n) is 16.1. The van der Waals surface area contributed by atoms with Crippen LogP contribution < -0.4 is 5.32 Å². The third-order valence-electron chi connectivity index (χ3n) is 5.30.